The minimum absolute atomic E-state index is 0.0715. The van der Waals surface area contributed by atoms with Gasteiger partial charge in [-0.25, -0.2) is 14.5 Å². The summed E-state index contributed by atoms with van der Waals surface area (Å²) in [6.07, 6.45) is 0.163. The molecule has 4 heterocycles. The molecule has 0 spiro atoms. The molecule has 3 aromatic rings. The van der Waals surface area contributed by atoms with Crippen molar-refractivity contribution >= 4 is 29.7 Å². The molecule has 1 saturated heterocycles. The molecule has 0 unspecified atom stereocenters. The van der Waals surface area contributed by atoms with E-state index in [1.807, 2.05) is 44.2 Å². The van der Waals surface area contributed by atoms with Gasteiger partial charge in [0.25, 0.3) is 0 Å². The van der Waals surface area contributed by atoms with Crippen LogP contribution in [-0.2, 0) is 43.3 Å². The zero-order valence-corrected chi connectivity index (χ0v) is 30.2. The molecule has 3 aliphatic heterocycles. The molecule has 3 aliphatic rings. The number of nitrogens with zero attached hydrogens (tertiary/aromatic N) is 3. The maximum atomic E-state index is 14.2. The third-order valence-electron chi connectivity index (χ3n) is 8.82. The number of aryl methyl sites for hydroxylation is 1. The van der Waals surface area contributed by atoms with Gasteiger partial charge in [0.15, 0.2) is 5.82 Å². The number of alkyl carbamates (subject to hydrolysis) is 1. The summed E-state index contributed by atoms with van der Waals surface area (Å²) in [4.78, 5) is 71.3. The molecule has 0 aliphatic carbocycles. The summed E-state index contributed by atoms with van der Waals surface area (Å²) in [5, 5.41) is 18.7. The molecule has 15 heteroatoms. The number of hydrogen-bond donors (Lipinski definition) is 5. The van der Waals surface area contributed by atoms with Gasteiger partial charge in [-0.3, -0.25) is 19.2 Å². The summed E-state index contributed by atoms with van der Waals surface area (Å²) in [7, 11) is 0. The van der Waals surface area contributed by atoms with Gasteiger partial charge < -0.3 is 36.1 Å². The van der Waals surface area contributed by atoms with E-state index in [0.717, 1.165) is 5.56 Å². The van der Waals surface area contributed by atoms with Gasteiger partial charge in [-0.2, -0.15) is 5.10 Å². The Hall–Kier alpha value is -5.47. The normalized spacial score (nSPS) is 23.1. The van der Waals surface area contributed by atoms with Crippen LogP contribution in [0.5, 0.6) is 5.75 Å². The van der Waals surface area contributed by atoms with Crippen LogP contribution in [0.15, 0.2) is 54.6 Å². The summed E-state index contributed by atoms with van der Waals surface area (Å²) in [6.45, 7) is 9.60. The van der Waals surface area contributed by atoms with Crippen LogP contribution < -0.4 is 31.3 Å². The van der Waals surface area contributed by atoms with Gasteiger partial charge in [0.05, 0.1) is 12.1 Å². The monoisotopic (exact) mass is 716 g/mol. The molecule has 1 fully saturated rings. The minimum Gasteiger partial charge on any atom is -0.491 e. The molecule has 0 saturated carbocycles. The van der Waals surface area contributed by atoms with Crippen LogP contribution in [0.25, 0.3) is 0 Å². The highest BCUT2D eigenvalue weighted by Gasteiger charge is 2.35. The number of cyclic esters (lactones) is 1. The second kappa shape index (κ2) is 17.2. The van der Waals surface area contributed by atoms with Gasteiger partial charge in [0.2, 0.25) is 23.6 Å². The van der Waals surface area contributed by atoms with E-state index in [1.54, 1.807) is 31.2 Å². The number of nitrogens with one attached hydrogen (secondary N) is 5. The molecule has 5 amide bonds. The molecule has 2 bridgehead atoms. The largest absolute Gasteiger partial charge is 0.491 e. The lowest BCUT2D eigenvalue weighted by Gasteiger charge is -2.28. The Kier molecular flexibility index (Phi) is 12.5. The SMILES string of the molecule is Cc1nc2n(n1)CC(=O)N[C@@H](CC(C)C)COc1ccc(cc1)C[C@H](NC(=O)[C@@H]1COC(=O)N1)C(=O)N[C@@H](Cc1ccccc1)C(=O)N[C@H]2C(C)C. The third kappa shape index (κ3) is 10.3. The third-order valence-corrected chi connectivity index (χ3v) is 8.82. The number of benzene rings is 2. The van der Waals surface area contributed by atoms with Gasteiger partial charge in [-0.15, -0.1) is 0 Å². The molecular weight excluding hydrogens is 668 g/mol. The lowest BCUT2D eigenvalue weighted by Crippen LogP contribution is -2.57. The average molecular weight is 717 g/mol. The maximum absolute atomic E-state index is 14.2. The second-order valence-electron chi connectivity index (χ2n) is 14.1. The summed E-state index contributed by atoms with van der Waals surface area (Å²) in [6, 6.07) is 12.2. The van der Waals surface area contributed by atoms with E-state index in [-0.39, 0.29) is 56.4 Å². The van der Waals surface area contributed by atoms with Crippen molar-refractivity contribution in [3.8, 4) is 5.75 Å². The first-order chi connectivity index (χ1) is 24.8. The van der Waals surface area contributed by atoms with E-state index in [9.17, 15) is 24.0 Å². The number of aromatic nitrogens is 3. The Morgan fingerprint density at radius 3 is 2.29 bits per heavy atom. The first-order valence-electron chi connectivity index (χ1n) is 17.6. The van der Waals surface area contributed by atoms with Crippen LogP contribution >= 0.6 is 0 Å². The number of fused-ring (bicyclic) bond motifs is 14. The van der Waals surface area contributed by atoms with Crippen molar-refractivity contribution in [1.82, 2.24) is 41.3 Å². The number of hydrogen-bond acceptors (Lipinski definition) is 9. The van der Waals surface area contributed by atoms with Crippen LogP contribution in [0, 0.1) is 18.8 Å². The highest BCUT2D eigenvalue weighted by Crippen LogP contribution is 2.22. The number of rotatable bonds is 7. The first kappa shape index (κ1) is 37.8. The number of amides is 5. The van der Waals surface area contributed by atoms with E-state index in [0.29, 0.717) is 29.4 Å². The summed E-state index contributed by atoms with van der Waals surface area (Å²) < 4.78 is 12.5. The molecule has 278 valence electrons. The van der Waals surface area contributed by atoms with Crippen LogP contribution in [0.4, 0.5) is 4.79 Å². The van der Waals surface area contributed by atoms with Gasteiger partial charge in [-0.1, -0.05) is 70.2 Å². The zero-order valence-electron chi connectivity index (χ0n) is 30.2. The molecular formula is C37H48N8O7. The Morgan fingerprint density at radius 1 is 0.904 bits per heavy atom. The van der Waals surface area contributed by atoms with Crippen molar-refractivity contribution in [2.24, 2.45) is 11.8 Å². The van der Waals surface area contributed by atoms with Gasteiger partial charge in [-0.05, 0) is 48.4 Å². The van der Waals surface area contributed by atoms with Crippen LogP contribution in [-0.4, -0.2) is 81.9 Å². The number of ether oxygens (including phenoxy) is 2. The Labute approximate surface area is 303 Å². The van der Waals surface area contributed by atoms with Crippen molar-refractivity contribution in [1.29, 1.82) is 0 Å². The second-order valence-corrected chi connectivity index (χ2v) is 14.1. The fourth-order valence-electron chi connectivity index (χ4n) is 6.24. The molecule has 2 aromatic carbocycles. The standard InChI is InChI=1S/C37H48N8O7/c1-21(2)15-26-19-51-27-13-11-25(12-14-27)17-28(41-36(49)30-20-52-37(50)42-30)34(47)40-29(16-24-9-7-6-8-10-24)35(48)43-32(22(3)4)33-38-23(5)44-45(33)18-31(46)39-26/h6-14,21-22,26,28-30,32H,15-20H2,1-5H3,(H,39,46)(H,40,47)(H,41,49)(H,42,50)(H,43,48)/t26-,28-,29-,30-,32-/m0/s1. The van der Waals surface area contributed by atoms with Crippen molar-refractivity contribution in [3.05, 3.63) is 77.4 Å². The summed E-state index contributed by atoms with van der Waals surface area (Å²) in [5.41, 5.74) is 1.51. The lowest BCUT2D eigenvalue weighted by molar-refractivity contribution is -0.132. The fraction of sp³-hybridized carbons (Fsp3) is 0.486. The maximum Gasteiger partial charge on any atom is 0.407 e. The van der Waals surface area contributed by atoms with Crippen LogP contribution in [0.2, 0.25) is 0 Å². The van der Waals surface area contributed by atoms with E-state index in [4.69, 9.17) is 9.47 Å². The molecule has 15 nitrogen and oxygen atoms in total. The smallest absolute Gasteiger partial charge is 0.407 e. The Bertz CT molecular complexity index is 1730. The molecule has 0 radical (unpaired) electrons. The highest BCUT2D eigenvalue weighted by molar-refractivity contribution is 5.94. The molecule has 5 N–H and O–H groups in total. The topological polar surface area (TPSA) is 195 Å². The Morgan fingerprint density at radius 2 is 1.63 bits per heavy atom. The van der Waals surface area contributed by atoms with Gasteiger partial charge in [0, 0.05) is 12.8 Å². The quantitative estimate of drug-likeness (QED) is 0.243. The molecule has 1 aromatic heterocycles. The van der Waals surface area contributed by atoms with E-state index >= 15 is 0 Å². The average Bonchev–Trinajstić information content (AvgIpc) is 3.69. The molecule has 6 rings (SSSR count). The van der Waals surface area contributed by atoms with Crippen LogP contribution in [0.3, 0.4) is 0 Å². The lowest BCUT2D eigenvalue weighted by atomic mass is 10.00. The number of carbonyl (C=O) groups excluding carboxylic acids is 5. The van der Waals surface area contributed by atoms with Gasteiger partial charge >= 0.3 is 6.09 Å². The van der Waals surface area contributed by atoms with Crippen molar-refractivity contribution < 1.29 is 33.4 Å². The van der Waals surface area contributed by atoms with Crippen molar-refractivity contribution in [3.63, 3.8) is 0 Å². The molecule has 5 atom stereocenters. The van der Waals surface area contributed by atoms with Crippen LogP contribution in [0.1, 0.15) is 62.9 Å². The predicted molar refractivity (Wildman–Crippen MR) is 190 cm³/mol. The predicted octanol–water partition coefficient (Wildman–Crippen LogP) is 1.89. The zero-order chi connectivity index (χ0) is 37.4. The highest BCUT2D eigenvalue weighted by atomic mass is 16.6. The van der Waals surface area contributed by atoms with E-state index in [1.165, 1.54) is 4.68 Å². The fourth-order valence-corrected chi connectivity index (χ4v) is 6.24. The molecule has 52 heavy (non-hydrogen) atoms. The van der Waals surface area contributed by atoms with E-state index < -0.39 is 48.0 Å². The van der Waals surface area contributed by atoms with E-state index in [2.05, 4.69) is 50.5 Å². The van der Waals surface area contributed by atoms with Crippen molar-refractivity contribution in [2.75, 3.05) is 13.2 Å². The van der Waals surface area contributed by atoms with Crippen molar-refractivity contribution in [2.45, 2.75) is 90.6 Å². The first-order valence-corrected chi connectivity index (χ1v) is 17.6. The summed E-state index contributed by atoms with van der Waals surface area (Å²) >= 11 is 0. The van der Waals surface area contributed by atoms with Gasteiger partial charge in [0.1, 0.15) is 49.5 Å². The summed E-state index contributed by atoms with van der Waals surface area (Å²) in [5.74, 6) is -0.466. The number of carbonyl (C=O) groups is 5. The minimum atomic E-state index is -1.12. The Balaban J connectivity index is 1.51.